The second kappa shape index (κ2) is 6.41. The average Bonchev–Trinajstić information content (AvgIpc) is 2.47. The Bertz CT molecular complexity index is 759. The molecule has 0 spiro atoms. The molecule has 1 N–H and O–H groups in total. The monoisotopic (exact) mass is 335 g/mol. The molecule has 1 saturated heterocycles. The predicted octanol–water partition coefficient (Wildman–Crippen LogP) is 1.69. The van der Waals surface area contributed by atoms with Crippen LogP contribution in [-0.4, -0.2) is 37.7 Å². The lowest BCUT2D eigenvalue weighted by Gasteiger charge is -2.26. The molecule has 3 heterocycles. The van der Waals surface area contributed by atoms with Gasteiger partial charge in [-0.15, -0.1) is 0 Å². The van der Waals surface area contributed by atoms with E-state index in [2.05, 4.69) is 15.3 Å². The zero-order valence-corrected chi connectivity index (χ0v) is 13.1. The summed E-state index contributed by atoms with van der Waals surface area (Å²) in [7, 11) is -0.803. The van der Waals surface area contributed by atoms with Gasteiger partial charge in [0.05, 0.1) is 17.7 Å². The van der Waals surface area contributed by atoms with Gasteiger partial charge < -0.3 is 10.1 Å². The summed E-state index contributed by atoms with van der Waals surface area (Å²) in [6.45, 7) is 1.75. The number of carbonyl (C=O) groups excluding carboxylic acids is 1. The maximum Gasteiger partial charge on any atom is 0.275 e. The molecule has 0 atom stereocenters. The minimum absolute atomic E-state index is 0.0905. The summed E-state index contributed by atoms with van der Waals surface area (Å²) >= 11 is 0. The average molecular weight is 335 g/mol. The van der Waals surface area contributed by atoms with Gasteiger partial charge in [-0.2, -0.15) is 0 Å². The summed E-state index contributed by atoms with van der Waals surface area (Å²) in [5.41, 5.74) is 0.798. The Labute approximate surface area is 134 Å². The summed E-state index contributed by atoms with van der Waals surface area (Å²) in [4.78, 5) is 20.1. The zero-order valence-electron chi connectivity index (χ0n) is 12.3. The van der Waals surface area contributed by atoms with Gasteiger partial charge in [0.25, 0.3) is 5.91 Å². The normalized spacial score (nSPS) is 19.7. The minimum Gasteiger partial charge on any atom is -0.488 e. The topological polar surface area (TPSA) is 81.2 Å². The van der Waals surface area contributed by atoms with Gasteiger partial charge in [0.2, 0.25) is 0 Å². The van der Waals surface area contributed by atoms with E-state index in [1.165, 1.54) is 18.2 Å². The SMILES string of the molecule is Cc1cc(OC2CS(=O)C2)cc(C(=O)Nc2ccc(F)cn2)n1. The standard InChI is InChI=1S/C15H14FN3O3S/c1-9-4-11(22-12-7-23(21)8-12)5-13(18-9)15(20)19-14-3-2-10(16)6-17-14/h2-6,12H,7-8H2,1H3,(H,17,19,20). The second-order valence-electron chi connectivity index (χ2n) is 5.16. The lowest BCUT2D eigenvalue weighted by atomic mass is 10.2. The number of hydrogen-bond acceptors (Lipinski definition) is 5. The Balaban J connectivity index is 1.73. The molecular weight excluding hydrogens is 321 g/mol. The number of nitrogens with zero attached hydrogens (tertiary/aromatic N) is 2. The van der Waals surface area contributed by atoms with Crippen molar-refractivity contribution < 1.29 is 18.1 Å². The Morgan fingerprint density at radius 3 is 2.83 bits per heavy atom. The van der Waals surface area contributed by atoms with Gasteiger partial charge in [-0.05, 0) is 19.1 Å². The van der Waals surface area contributed by atoms with Gasteiger partial charge in [-0.25, -0.2) is 14.4 Å². The molecule has 3 rings (SSSR count). The Hall–Kier alpha value is -2.35. The number of amides is 1. The zero-order chi connectivity index (χ0) is 16.4. The van der Waals surface area contributed by atoms with Gasteiger partial charge in [-0.1, -0.05) is 0 Å². The van der Waals surface area contributed by atoms with E-state index in [9.17, 15) is 13.4 Å². The Morgan fingerprint density at radius 2 is 2.17 bits per heavy atom. The molecule has 120 valence electrons. The molecule has 6 nitrogen and oxygen atoms in total. The van der Waals surface area contributed by atoms with Crippen molar-refractivity contribution in [3.05, 3.63) is 47.7 Å². The number of halogens is 1. The molecule has 2 aromatic heterocycles. The molecule has 23 heavy (non-hydrogen) atoms. The smallest absolute Gasteiger partial charge is 0.275 e. The molecule has 1 amide bonds. The highest BCUT2D eigenvalue weighted by atomic mass is 32.2. The lowest BCUT2D eigenvalue weighted by molar-refractivity contribution is 0.102. The van der Waals surface area contributed by atoms with Crippen molar-refractivity contribution >= 4 is 22.5 Å². The third-order valence-electron chi connectivity index (χ3n) is 3.17. The third kappa shape index (κ3) is 3.89. The van der Waals surface area contributed by atoms with Crippen LogP contribution in [0, 0.1) is 12.7 Å². The fourth-order valence-corrected chi connectivity index (χ4v) is 2.95. The van der Waals surface area contributed by atoms with E-state index < -0.39 is 22.5 Å². The summed E-state index contributed by atoms with van der Waals surface area (Å²) in [6.07, 6.45) is 0.928. The molecule has 0 saturated carbocycles. The van der Waals surface area contributed by atoms with Crippen LogP contribution in [0.3, 0.4) is 0 Å². The molecule has 0 unspecified atom stereocenters. The van der Waals surface area contributed by atoms with Crippen LogP contribution >= 0.6 is 0 Å². The van der Waals surface area contributed by atoms with Crippen LogP contribution in [0.15, 0.2) is 30.5 Å². The van der Waals surface area contributed by atoms with Crippen LogP contribution in [-0.2, 0) is 10.8 Å². The maximum atomic E-state index is 12.8. The molecule has 8 heteroatoms. The molecular formula is C15H14FN3O3S. The van der Waals surface area contributed by atoms with Crippen LogP contribution in [0.5, 0.6) is 5.75 Å². The quantitative estimate of drug-likeness (QED) is 0.919. The Morgan fingerprint density at radius 1 is 1.39 bits per heavy atom. The first kappa shape index (κ1) is 15.5. The Kier molecular flexibility index (Phi) is 4.33. The third-order valence-corrected chi connectivity index (χ3v) is 4.66. The highest BCUT2D eigenvalue weighted by Crippen LogP contribution is 2.20. The van der Waals surface area contributed by atoms with E-state index in [4.69, 9.17) is 4.74 Å². The van der Waals surface area contributed by atoms with E-state index in [1.54, 1.807) is 13.0 Å². The molecule has 0 bridgehead atoms. The van der Waals surface area contributed by atoms with Crippen molar-refractivity contribution in [2.45, 2.75) is 13.0 Å². The minimum atomic E-state index is -0.803. The van der Waals surface area contributed by atoms with Gasteiger partial charge in [0, 0.05) is 28.6 Å². The summed E-state index contributed by atoms with van der Waals surface area (Å²) in [6, 6.07) is 5.81. The highest BCUT2D eigenvalue weighted by molar-refractivity contribution is 7.86. The molecule has 1 aliphatic rings. The van der Waals surface area contributed by atoms with E-state index in [0.717, 1.165) is 6.20 Å². The summed E-state index contributed by atoms with van der Waals surface area (Å²) < 4.78 is 29.6. The molecule has 2 aromatic rings. The molecule has 1 aliphatic heterocycles. The van der Waals surface area contributed by atoms with Crippen LogP contribution in [0.1, 0.15) is 16.2 Å². The molecule has 1 fully saturated rings. The number of nitrogens with one attached hydrogen (secondary N) is 1. The number of carbonyl (C=O) groups is 1. The summed E-state index contributed by atoms with van der Waals surface area (Å²) in [5.74, 6) is 0.804. The van der Waals surface area contributed by atoms with Gasteiger partial charge >= 0.3 is 0 Å². The fourth-order valence-electron chi connectivity index (χ4n) is 2.08. The highest BCUT2D eigenvalue weighted by Gasteiger charge is 2.27. The first-order valence-electron chi connectivity index (χ1n) is 6.93. The molecule has 0 aliphatic carbocycles. The van der Waals surface area contributed by atoms with Crippen LogP contribution < -0.4 is 10.1 Å². The van der Waals surface area contributed by atoms with Crippen molar-refractivity contribution in [1.29, 1.82) is 0 Å². The summed E-state index contributed by atoms with van der Waals surface area (Å²) in [5, 5.41) is 2.54. The van der Waals surface area contributed by atoms with Crippen LogP contribution in [0.25, 0.3) is 0 Å². The van der Waals surface area contributed by atoms with Crippen molar-refractivity contribution in [2.75, 3.05) is 16.8 Å². The van der Waals surface area contributed by atoms with E-state index in [-0.39, 0.29) is 17.6 Å². The first-order chi connectivity index (χ1) is 11.0. The number of pyridine rings is 2. The number of rotatable bonds is 4. The van der Waals surface area contributed by atoms with Gasteiger partial charge in [0.1, 0.15) is 29.2 Å². The number of ether oxygens (including phenoxy) is 1. The molecule has 0 radical (unpaired) electrons. The number of anilines is 1. The van der Waals surface area contributed by atoms with Gasteiger partial charge in [0.15, 0.2) is 0 Å². The van der Waals surface area contributed by atoms with Crippen LogP contribution in [0.2, 0.25) is 0 Å². The van der Waals surface area contributed by atoms with Crippen LogP contribution in [0.4, 0.5) is 10.2 Å². The fraction of sp³-hybridized carbons (Fsp3) is 0.267. The lowest BCUT2D eigenvalue weighted by Crippen LogP contribution is -2.41. The van der Waals surface area contributed by atoms with Gasteiger partial charge in [-0.3, -0.25) is 9.00 Å². The van der Waals surface area contributed by atoms with Crippen molar-refractivity contribution in [3.63, 3.8) is 0 Å². The predicted molar refractivity (Wildman–Crippen MR) is 83.4 cm³/mol. The number of hydrogen-bond donors (Lipinski definition) is 1. The van der Waals surface area contributed by atoms with Crippen molar-refractivity contribution in [1.82, 2.24) is 9.97 Å². The second-order valence-corrected chi connectivity index (χ2v) is 6.70. The number of aromatic nitrogens is 2. The van der Waals surface area contributed by atoms with E-state index in [1.807, 2.05) is 0 Å². The first-order valence-corrected chi connectivity index (χ1v) is 8.41. The van der Waals surface area contributed by atoms with Crippen molar-refractivity contribution in [3.8, 4) is 5.75 Å². The largest absolute Gasteiger partial charge is 0.488 e. The molecule has 0 aromatic carbocycles. The van der Waals surface area contributed by atoms with Crippen molar-refractivity contribution in [2.24, 2.45) is 0 Å². The maximum absolute atomic E-state index is 12.8. The van der Waals surface area contributed by atoms with E-state index in [0.29, 0.717) is 22.9 Å². The van der Waals surface area contributed by atoms with E-state index >= 15 is 0 Å². The number of aryl methyl sites for hydroxylation is 1.